The van der Waals surface area contributed by atoms with Crippen LogP contribution >= 0.6 is 0 Å². The zero-order valence-corrected chi connectivity index (χ0v) is 9.45. The third-order valence-corrected chi connectivity index (χ3v) is 2.34. The SMILES string of the molecule is C/C=C\C1=C(N=CCC)CCN(C)C1. The fraction of sp³-hybridized carbons (Fsp3) is 0.583. The lowest BCUT2D eigenvalue weighted by atomic mass is 10.1. The van der Waals surface area contributed by atoms with Gasteiger partial charge in [-0.2, -0.15) is 0 Å². The quantitative estimate of drug-likeness (QED) is 0.628. The number of aliphatic imine (C=N–C) groups is 1. The first-order valence-corrected chi connectivity index (χ1v) is 5.33. The van der Waals surface area contributed by atoms with Crippen LogP contribution in [0.1, 0.15) is 26.7 Å². The van der Waals surface area contributed by atoms with Crippen LogP contribution in [0.2, 0.25) is 0 Å². The fourth-order valence-corrected chi connectivity index (χ4v) is 1.62. The van der Waals surface area contributed by atoms with Crippen molar-refractivity contribution in [1.29, 1.82) is 0 Å². The zero-order chi connectivity index (χ0) is 10.4. The number of likely N-dealkylation sites (N-methyl/N-ethyl adjacent to an activating group) is 1. The van der Waals surface area contributed by atoms with Gasteiger partial charge >= 0.3 is 0 Å². The molecule has 0 saturated carbocycles. The van der Waals surface area contributed by atoms with Gasteiger partial charge in [0.15, 0.2) is 0 Å². The Kier molecular flexibility index (Phi) is 4.60. The lowest BCUT2D eigenvalue weighted by molar-refractivity contribution is 0.350. The maximum atomic E-state index is 4.51. The summed E-state index contributed by atoms with van der Waals surface area (Å²) in [5.74, 6) is 0. The smallest absolute Gasteiger partial charge is 0.0457 e. The molecular weight excluding hydrogens is 172 g/mol. The topological polar surface area (TPSA) is 15.6 Å². The molecule has 14 heavy (non-hydrogen) atoms. The molecule has 1 aliphatic rings. The first kappa shape index (κ1) is 11.2. The molecule has 78 valence electrons. The van der Waals surface area contributed by atoms with Crippen LogP contribution in [-0.2, 0) is 0 Å². The Hall–Kier alpha value is -0.890. The largest absolute Gasteiger partial charge is 0.302 e. The summed E-state index contributed by atoms with van der Waals surface area (Å²) in [5.41, 5.74) is 2.63. The van der Waals surface area contributed by atoms with E-state index in [1.54, 1.807) is 0 Å². The van der Waals surface area contributed by atoms with Crippen molar-refractivity contribution in [1.82, 2.24) is 4.90 Å². The van der Waals surface area contributed by atoms with Crippen LogP contribution in [0.3, 0.4) is 0 Å². The van der Waals surface area contributed by atoms with Crippen molar-refractivity contribution in [2.45, 2.75) is 26.7 Å². The summed E-state index contributed by atoms with van der Waals surface area (Å²) in [5, 5.41) is 0. The van der Waals surface area contributed by atoms with E-state index >= 15 is 0 Å². The van der Waals surface area contributed by atoms with E-state index in [4.69, 9.17) is 0 Å². The summed E-state index contributed by atoms with van der Waals surface area (Å²) >= 11 is 0. The maximum absolute atomic E-state index is 4.51. The van der Waals surface area contributed by atoms with E-state index in [2.05, 4.69) is 42.9 Å². The first-order valence-electron chi connectivity index (χ1n) is 5.33. The van der Waals surface area contributed by atoms with Crippen molar-refractivity contribution in [3.63, 3.8) is 0 Å². The van der Waals surface area contributed by atoms with E-state index < -0.39 is 0 Å². The molecule has 0 aliphatic carbocycles. The van der Waals surface area contributed by atoms with Crippen LogP contribution in [-0.4, -0.2) is 31.3 Å². The Morgan fingerprint density at radius 3 is 2.93 bits per heavy atom. The number of hydrogen-bond acceptors (Lipinski definition) is 2. The Morgan fingerprint density at radius 1 is 1.50 bits per heavy atom. The second-order valence-electron chi connectivity index (χ2n) is 3.68. The molecule has 0 saturated heterocycles. The van der Waals surface area contributed by atoms with Gasteiger partial charge in [-0.3, -0.25) is 4.99 Å². The van der Waals surface area contributed by atoms with Crippen molar-refractivity contribution >= 4 is 6.21 Å². The molecule has 0 aromatic rings. The molecule has 0 N–H and O–H groups in total. The van der Waals surface area contributed by atoms with Crippen LogP contribution in [0.15, 0.2) is 28.4 Å². The summed E-state index contributed by atoms with van der Waals surface area (Å²) in [4.78, 5) is 6.85. The molecule has 0 aromatic heterocycles. The van der Waals surface area contributed by atoms with Crippen LogP contribution in [0.4, 0.5) is 0 Å². The van der Waals surface area contributed by atoms with Gasteiger partial charge in [-0.1, -0.05) is 19.1 Å². The Labute approximate surface area is 87.0 Å². The Morgan fingerprint density at radius 2 is 2.29 bits per heavy atom. The van der Waals surface area contributed by atoms with Crippen molar-refractivity contribution in [3.8, 4) is 0 Å². The maximum Gasteiger partial charge on any atom is 0.0457 e. The van der Waals surface area contributed by atoms with E-state index in [1.165, 1.54) is 11.3 Å². The molecule has 0 fully saturated rings. The second-order valence-corrected chi connectivity index (χ2v) is 3.68. The molecule has 2 heteroatoms. The average molecular weight is 192 g/mol. The number of hydrogen-bond donors (Lipinski definition) is 0. The minimum atomic E-state index is 1.02. The number of rotatable bonds is 3. The highest BCUT2D eigenvalue weighted by Crippen LogP contribution is 2.18. The van der Waals surface area contributed by atoms with Gasteiger partial charge in [0.05, 0.1) is 0 Å². The standard InChI is InChI=1S/C12H20N2/c1-4-6-11-10-14(3)9-7-12(11)13-8-5-2/h4,6,8H,5,7,9-10H2,1-3H3/b6-4-,13-8?. The van der Waals surface area contributed by atoms with E-state index in [0.29, 0.717) is 0 Å². The van der Waals surface area contributed by atoms with Crippen LogP contribution < -0.4 is 0 Å². The molecule has 1 heterocycles. The molecule has 0 bridgehead atoms. The highest BCUT2D eigenvalue weighted by atomic mass is 15.1. The van der Waals surface area contributed by atoms with Crippen molar-refractivity contribution in [2.24, 2.45) is 4.99 Å². The number of allylic oxidation sites excluding steroid dienone is 1. The number of nitrogens with zero attached hydrogens (tertiary/aromatic N) is 2. The van der Waals surface area contributed by atoms with Gasteiger partial charge in [0.1, 0.15) is 0 Å². The molecule has 0 spiro atoms. The first-order chi connectivity index (χ1) is 6.77. The zero-order valence-electron chi connectivity index (χ0n) is 9.45. The third kappa shape index (κ3) is 3.11. The molecule has 1 aliphatic heterocycles. The lowest BCUT2D eigenvalue weighted by Gasteiger charge is -2.24. The Balaban J connectivity index is 2.82. The fourth-order valence-electron chi connectivity index (χ4n) is 1.62. The van der Waals surface area contributed by atoms with Gasteiger partial charge in [0, 0.05) is 31.4 Å². The molecule has 0 radical (unpaired) electrons. The normalized spacial score (nSPS) is 20.2. The predicted molar refractivity (Wildman–Crippen MR) is 62.7 cm³/mol. The summed E-state index contributed by atoms with van der Waals surface area (Å²) in [7, 11) is 2.16. The third-order valence-electron chi connectivity index (χ3n) is 2.34. The highest BCUT2D eigenvalue weighted by Gasteiger charge is 2.12. The minimum Gasteiger partial charge on any atom is -0.302 e. The van der Waals surface area contributed by atoms with E-state index in [-0.39, 0.29) is 0 Å². The molecular formula is C12H20N2. The second kappa shape index (κ2) is 5.76. The summed E-state index contributed by atoms with van der Waals surface area (Å²) in [6, 6.07) is 0. The minimum absolute atomic E-state index is 1.02. The van der Waals surface area contributed by atoms with Crippen molar-refractivity contribution < 1.29 is 0 Å². The summed E-state index contributed by atoms with van der Waals surface area (Å²) in [6.45, 7) is 6.33. The van der Waals surface area contributed by atoms with Crippen LogP contribution in [0.5, 0.6) is 0 Å². The molecule has 0 amide bonds. The molecule has 2 nitrogen and oxygen atoms in total. The van der Waals surface area contributed by atoms with Crippen molar-refractivity contribution in [3.05, 3.63) is 23.4 Å². The molecule has 0 atom stereocenters. The van der Waals surface area contributed by atoms with Gasteiger partial charge in [-0.25, -0.2) is 0 Å². The lowest BCUT2D eigenvalue weighted by Crippen LogP contribution is -2.27. The van der Waals surface area contributed by atoms with E-state index in [9.17, 15) is 0 Å². The Bertz CT molecular complexity index is 261. The molecule has 0 aromatic carbocycles. The van der Waals surface area contributed by atoms with Gasteiger partial charge in [-0.15, -0.1) is 0 Å². The van der Waals surface area contributed by atoms with Crippen LogP contribution in [0, 0.1) is 0 Å². The van der Waals surface area contributed by atoms with Gasteiger partial charge < -0.3 is 4.90 Å². The molecule has 1 rings (SSSR count). The van der Waals surface area contributed by atoms with Gasteiger partial charge in [0.2, 0.25) is 0 Å². The van der Waals surface area contributed by atoms with Crippen LogP contribution in [0.25, 0.3) is 0 Å². The van der Waals surface area contributed by atoms with E-state index in [0.717, 1.165) is 25.9 Å². The predicted octanol–water partition coefficient (Wildman–Crippen LogP) is 2.63. The van der Waals surface area contributed by atoms with Gasteiger partial charge in [0.25, 0.3) is 0 Å². The van der Waals surface area contributed by atoms with Crippen molar-refractivity contribution in [2.75, 3.05) is 20.1 Å². The average Bonchev–Trinajstić information content (AvgIpc) is 2.17. The molecule has 0 unspecified atom stereocenters. The monoisotopic (exact) mass is 192 g/mol. The summed E-state index contributed by atoms with van der Waals surface area (Å²) < 4.78 is 0. The van der Waals surface area contributed by atoms with Gasteiger partial charge in [-0.05, 0) is 26.0 Å². The highest BCUT2D eigenvalue weighted by molar-refractivity contribution is 5.59. The van der Waals surface area contributed by atoms with E-state index in [1.807, 2.05) is 6.21 Å². The summed E-state index contributed by atoms with van der Waals surface area (Å²) in [6.07, 6.45) is 8.37.